The zero-order chi connectivity index (χ0) is 21.8. The zero-order valence-corrected chi connectivity index (χ0v) is 18.8. The minimum absolute atomic E-state index is 0.0428. The van der Waals surface area contributed by atoms with Gasteiger partial charge in [0.2, 0.25) is 10.0 Å². The van der Waals surface area contributed by atoms with Gasteiger partial charge in [-0.1, -0.05) is 19.3 Å². The van der Waals surface area contributed by atoms with Crippen LogP contribution in [0.15, 0.2) is 59.1 Å². The highest BCUT2D eigenvalue weighted by Crippen LogP contribution is 2.27. The van der Waals surface area contributed by atoms with Gasteiger partial charge in [-0.25, -0.2) is 13.4 Å². The Morgan fingerprint density at radius 3 is 2.42 bits per heavy atom. The number of carbonyl (C=O) groups excluding carboxylic acids is 1. The molecule has 162 valence electrons. The topological polar surface area (TPSA) is 92.3 Å². The molecule has 1 N–H and O–H groups in total. The van der Waals surface area contributed by atoms with Gasteiger partial charge >= 0.3 is 0 Å². The van der Waals surface area contributed by atoms with E-state index in [1.54, 1.807) is 19.4 Å². The van der Waals surface area contributed by atoms with Gasteiger partial charge in [-0.05, 0) is 49.2 Å². The van der Waals surface area contributed by atoms with Crippen LogP contribution < -0.4 is 5.32 Å². The third-order valence-electron chi connectivity index (χ3n) is 5.58. The molecule has 4 rings (SSSR count). The molecule has 0 atom stereocenters. The highest BCUT2D eigenvalue weighted by atomic mass is 32.2. The highest BCUT2D eigenvalue weighted by Gasteiger charge is 2.29. The summed E-state index contributed by atoms with van der Waals surface area (Å²) < 4.78 is 27.4. The largest absolute Gasteiger partial charge is 0.298 e. The lowest BCUT2D eigenvalue weighted by atomic mass is 9.96. The van der Waals surface area contributed by atoms with E-state index in [9.17, 15) is 13.2 Å². The fraction of sp³-hybridized carbons (Fsp3) is 0.318. The molecule has 1 saturated carbocycles. The molecule has 9 heteroatoms. The van der Waals surface area contributed by atoms with Crippen molar-refractivity contribution in [1.29, 1.82) is 0 Å². The Balaban J connectivity index is 1.44. The minimum atomic E-state index is -3.58. The fourth-order valence-corrected chi connectivity index (χ4v) is 5.87. The number of benzene rings is 1. The fourth-order valence-electron chi connectivity index (χ4n) is 3.74. The number of amides is 1. The predicted molar refractivity (Wildman–Crippen MR) is 122 cm³/mol. The van der Waals surface area contributed by atoms with E-state index in [4.69, 9.17) is 0 Å². The summed E-state index contributed by atoms with van der Waals surface area (Å²) in [4.78, 5) is 21.2. The van der Waals surface area contributed by atoms with Crippen LogP contribution in [0.5, 0.6) is 0 Å². The van der Waals surface area contributed by atoms with Gasteiger partial charge in [0.1, 0.15) is 0 Å². The number of hydrogen-bond donors (Lipinski definition) is 1. The number of rotatable bonds is 6. The lowest BCUT2D eigenvalue weighted by Gasteiger charge is -2.30. The monoisotopic (exact) mass is 456 g/mol. The summed E-state index contributed by atoms with van der Waals surface area (Å²) >= 11 is 1.33. The number of nitrogens with one attached hydrogen (secondary N) is 1. The van der Waals surface area contributed by atoms with Crippen molar-refractivity contribution in [2.75, 3.05) is 12.4 Å². The molecule has 0 saturated heterocycles. The van der Waals surface area contributed by atoms with Gasteiger partial charge in [0.25, 0.3) is 5.91 Å². The van der Waals surface area contributed by atoms with Crippen LogP contribution in [0.2, 0.25) is 0 Å². The molecule has 0 unspecified atom stereocenters. The third kappa shape index (κ3) is 4.84. The van der Waals surface area contributed by atoms with Crippen LogP contribution in [0.3, 0.4) is 0 Å². The first-order valence-electron chi connectivity index (χ1n) is 10.2. The second-order valence-electron chi connectivity index (χ2n) is 7.57. The standard InChI is InChI=1S/C22H24N4O3S2/c1-26(18-5-3-2-4-6-18)31(28,29)19-9-7-17(8-10-19)21(27)25-22-24-20(15-30-22)16-11-13-23-14-12-16/h7-15,18H,2-6H2,1H3,(H,24,25,27). The number of hydrogen-bond acceptors (Lipinski definition) is 6. The van der Waals surface area contributed by atoms with E-state index in [2.05, 4.69) is 15.3 Å². The molecule has 0 spiro atoms. The number of anilines is 1. The average molecular weight is 457 g/mol. The van der Waals surface area contributed by atoms with Crippen LogP contribution in [-0.2, 0) is 10.0 Å². The summed E-state index contributed by atoms with van der Waals surface area (Å²) in [5.74, 6) is -0.333. The Labute approximate surface area is 186 Å². The van der Waals surface area contributed by atoms with Crippen molar-refractivity contribution < 1.29 is 13.2 Å². The minimum Gasteiger partial charge on any atom is -0.298 e. The van der Waals surface area contributed by atoms with Crippen molar-refractivity contribution in [2.45, 2.75) is 43.0 Å². The van der Waals surface area contributed by atoms with E-state index in [0.717, 1.165) is 43.4 Å². The number of pyridine rings is 1. The van der Waals surface area contributed by atoms with E-state index < -0.39 is 10.0 Å². The molecule has 0 bridgehead atoms. The van der Waals surface area contributed by atoms with Crippen molar-refractivity contribution in [1.82, 2.24) is 14.3 Å². The number of sulfonamides is 1. The summed E-state index contributed by atoms with van der Waals surface area (Å²) in [5.41, 5.74) is 2.05. The van der Waals surface area contributed by atoms with E-state index in [1.807, 2.05) is 17.5 Å². The number of thiazole rings is 1. The van der Waals surface area contributed by atoms with Crippen molar-refractivity contribution in [3.05, 3.63) is 59.7 Å². The van der Waals surface area contributed by atoms with Gasteiger partial charge in [0.05, 0.1) is 10.6 Å². The van der Waals surface area contributed by atoms with Crippen LogP contribution in [0.4, 0.5) is 5.13 Å². The maximum atomic E-state index is 13.0. The Bertz CT molecular complexity index is 1140. The molecule has 7 nitrogen and oxygen atoms in total. The molecular formula is C22H24N4O3S2. The molecule has 1 aliphatic carbocycles. The quantitative estimate of drug-likeness (QED) is 0.593. The molecule has 1 fully saturated rings. The molecule has 1 aromatic carbocycles. The van der Waals surface area contributed by atoms with Crippen LogP contribution in [0.1, 0.15) is 42.5 Å². The van der Waals surface area contributed by atoms with Gasteiger partial charge < -0.3 is 0 Å². The SMILES string of the molecule is CN(C1CCCCC1)S(=O)(=O)c1ccc(C(=O)Nc2nc(-c3ccncc3)cs2)cc1. The molecule has 3 aromatic rings. The Morgan fingerprint density at radius 1 is 1.06 bits per heavy atom. The Hall–Kier alpha value is -2.62. The smallest absolute Gasteiger partial charge is 0.257 e. The van der Waals surface area contributed by atoms with Crippen LogP contribution in [0.25, 0.3) is 11.3 Å². The zero-order valence-electron chi connectivity index (χ0n) is 17.2. The summed E-state index contributed by atoms with van der Waals surface area (Å²) in [6.45, 7) is 0. The lowest BCUT2D eigenvalue weighted by molar-refractivity contribution is 0.102. The van der Waals surface area contributed by atoms with E-state index in [1.165, 1.54) is 39.9 Å². The first-order valence-corrected chi connectivity index (χ1v) is 12.5. The lowest BCUT2D eigenvalue weighted by Crippen LogP contribution is -2.38. The van der Waals surface area contributed by atoms with Gasteiger partial charge in [0.15, 0.2) is 5.13 Å². The van der Waals surface area contributed by atoms with Crippen molar-refractivity contribution >= 4 is 32.4 Å². The number of aromatic nitrogens is 2. The van der Waals surface area contributed by atoms with Crippen molar-refractivity contribution in [3.8, 4) is 11.3 Å². The number of nitrogens with zero attached hydrogens (tertiary/aromatic N) is 3. The Kier molecular flexibility index (Phi) is 6.45. The first-order chi connectivity index (χ1) is 14.9. The predicted octanol–water partition coefficient (Wildman–Crippen LogP) is 4.41. The van der Waals surface area contributed by atoms with Gasteiger partial charge in [-0.2, -0.15) is 4.31 Å². The van der Waals surface area contributed by atoms with Crippen molar-refractivity contribution in [3.63, 3.8) is 0 Å². The van der Waals surface area contributed by atoms with Crippen LogP contribution >= 0.6 is 11.3 Å². The van der Waals surface area contributed by atoms with E-state index in [-0.39, 0.29) is 16.8 Å². The van der Waals surface area contributed by atoms with Gasteiger partial charge in [-0.3, -0.25) is 15.1 Å². The Morgan fingerprint density at radius 2 is 1.74 bits per heavy atom. The van der Waals surface area contributed by atoms with Crippen LogP contribution in [-0.4, -0.2) is 41.7 Å². The van der Waals surface area contributed by atoms with E-state index in [0.29, 0.717) is 10.7 Å². The molecular weight excluding hydrogens is 432 g/mol. The van der Waals surface area contributed by atoms with Gasteiger partial charge in [0, 0.05) is 42.0 Å². The summed E-state index contributed by atoms with van der Waals surface area (Å²) in [7, 11) is -1.93. The molecule has 2 heterocycles. The normalized spacial score (nSPS) is 15.2. The maximum absolute atomic E-state index is 13.0. The van der Waals surface area contributed by atoms with Gasteiger partial charge in [-0.15, -0.1) is 11.3 Å². The highest BCUT2D eigenvalue weighted by molar-refractivity contribution is 7.89. The second-order valence-corrected chi connectivity index (χ2v) is 10.4. The number of carbonyl (C=O) groups is 1. The first kappa shape index (κ1) is 21.6. The molecule has 0 radical (unpaired) electrons. The molecule has 2 aromatic heterocycles. The summed E-state index contributed by atoms with van der Waals surface area (Å²) in [5, 5.41) is 5.11. The molecule has 31 heavy (non-hydrogen) atoms. The van der Waals surface area contributed by atoms with Crippen molar-refractivity contribution in [2.24, 2.45) is 0 Å². The van der Waals surface area contributed by atoms with E-state index >= 15 is 0 Å². The molecule has 1 aliphatic rings. The summed E-state index contributed by atoms with van der Waals surface area (Å²) in [6, 6.07) is 9.81. The summed E-state index contributed by atoms with van der Waals surface area (Å²) in [6.07, 6.45) is 8.45. The average Bonchev–Trinajstić information content (AvgIpc) is 3.28. The second kappa shape index (κ2) is 9.25. The third-order valence-corrected chi connectivity index (χ3v) is 8.27. The molecule has 0 aliphatic heterocycles. The maximum Gasteiger partial charge on any atom is 0.257 e. The molecule has 1 amide bonds. The van der Waals surface area contributed by atoms with Crippen LogP contribution in [0, 0.1) is 0 Å².